The number of aliphatic hydroxyl groups is 1. The molecule has 150 valence electrons. The highest BCUT2D eigenvalue weighted by molar-refractivity contribution is 9.10. The maximum absolute atomic E-state index is 9.42. The van der Waals surface area contributed by atoms with Gasteiger partial charge < -0.3 is 20.5 Å². The van der Waals surface area contributed by atoms with Crippen molar-refractivity contribution < 1.29 is 9.84 Å². The van der Waals surface area contributed by atoms with E-state index in [2.05, 4.69) is 57.8 Å². The molecule has 2 fully saturated rings. The highest BCUT2D eigenvalue weighted by Crippen LogP contribution is 2.43. The molecule has 1 saturated carbocycles. The molecule has 1 aliphatic carbocycles. The molecule has 1 atom stereocenters. The molecule has 0 amide bonds. The van der Waals surface area contributed by atoms with Crippen molar-refractivity contribution in [3.05, 3.63) is 34.3 Å². The fraction of sp³-hybridized carbons (Fsp3) is 0.667. The third-order valence-corrected chi connectivity index (χ3v) is 6.58. The van der Waals surface area contributed by atoms with Gasteiger partial charge in [0.25, 0.3) is 0 Å². The van der Waals surface area contributed by atoms with Crippen molar-refractivity contribution in [1.82, 2.24) is 10.6 Å². The Morgan fingerprint density at radius 1 is 1.30 bits per heavy atom. The summed E-state index contributed by atoms with van der Waals surface area (Å²) in [7, 11) is 0. The van der Waals surface area contributed by atoms with Gasteiger partial charge in [0, 0.05) is 41.6 Å². The molecular weight excluding hydrogens is 406 g/mol. The zero-order chi connectivity index (χ0) is 19.2. The van der Waals surface area contributed by atoms with Crippen molar-refractivity contribution in [3.8, 4) is 0 Å². The van der Waals surface area contributed by atoms with Crippen LogP contribution in [0.4, 0.5) is 0 Å². The number of hydrogen-bond donors (Lipinski definition) is 3. The summed E-state index contributed by atoms with van der Waals surface area (Å²) in [5, 5.41) is 16.4. The first kappa shape index (κ1) is 20.6. The monoisotopic (exact) mass is 437 g/mol. The van der Waals surface area contributed by atoms with Crippen molar-refractivity contribution in [2.75, 3.05) is 39.5 Å². The predicted molar refractivity (Wildman–Crippen MR) is 113 cm³/mol. The summed E-state index contributed by atoms with van der Waals surface area (Å²) in [4.78, 5) is 4.85. The zero-order valence-corrected chi connectivity index (χ0v) is 17.9. The van der Waals surface area contributed by atoms with Gasteiger partial charge >= 0.3 is 0 Å². The first-order chi connectivity index (χ1) is 13.1. The van der Waals surface area contributed by atoms with Crippen LogP contribution in [-0.2, 0) is 10.2 Å². The van der Waals surface area contributed by atoms with E-state index in [1.807, 2.05) is 0 Å². The minimum Gasteiger partial charge on any atom is -0.396 e. The third kappa shape index (κ3) is 5.04. The Balaban J connectivity index is 1.66. The Morgan fingerprint density at radius 2 is 2.15 bits per heavy atom. The van der Waals surface area contributed by atoms with Crippen molar-refractivity contribution in [1.29, 1.82) is 0 Å². The van der Waals surface area contributed by atoms with Crippen LogP contribution in [0.3, 0.4) is 0 Å². The van der Waals surface area contributed by atoms with Crippen LogP contribution in [0, 0.1) is 5.41 Å². The quantitative estimate of drug-likeness (QED) is 0.431. The van der Waals surface area contributed by atoms with Gasteiger partial charge in [-0.3, -0.25) is 4.99 Å². The lowest BCUT2D eigenvalue weighted by molar-refractivity contribution is 0.131. The van der Waals surface area contributed by atoms with Gasteiger partial charge in [-0.15, -0.1) is 0 Å². The van der Waals surface area contributed by atoms with Crippen LogP contribution < -0.4 is 10.6 Å². The lowest BCUT2D eigenvalue weighted by Crippen LogP contribution is -2.49. The van der Waals surface area contributed by atoms with E-state index in [-0.39, 0.29) is 17.4 Å². The molecule has 0 aromatic heterocycles. The molecule has 1 aromatic carbocycles. The van der Waals surface area contributed by atoms with Crippen molar-refractivity contribution >= 4 is 21.9 Å². The number of hydrogen-bond acceptors (Lipinski definition) is 3. The van der Waals surface area contributed by atoms with Crippen molar-refractivity contribution in [2.24, 2.45) is 10.4 Å². The Kier molecular flexibility index (Phi) is 7.17. The zero-order valence-electron chi connectivity index (χ0n) is 16.3. The Bertz CT molecular complexity index is 640. The molecule has 27 heavy (non-hydrogen) atoms. The summed E-state index contributed by atoms with van der Waals surface area (Å²) >= 11 is 3.61. The standard InChI is InChI=1S/C21H32BrN3O2/c1-2-23-19(24-14-20(9-11-26)10-12-27-16-20)25-15-21(7-4-8-21)17-5-3-6-18(22)13-17/h3,5-6,13,26H,2,4,7-12,14-16H2,1H3,(H2,23,24,25). The third-order valence-electron chi connectivity index (χ3n) is 6.09. The number of benzene rings is 1. The van der Waals surface area contributed by atoms with Crippen LogP contribution in [-0.4, -0.2) is 50.5 Å². The second kappa shape index (κ2) is 9.39. The summed E-state index contributed by atoms with van der Waals surface area (Å²) < 4.78 is 6.73. The number of ether oxygens (including phenoxy) is 1. The van der Waals surface area contributed by atoms with Gasteiger partial charge in [-0.05, 0) is 50.3 Å². The molecule has 5 nitrogen and oxygen atoms in total. The SMILES string of the molecule is CCNC(=NCC1(CCO)CCOC1)NCC1(c2cccc(Br)c2)CCC1. The molecule has 0 bridgehead atoms. The minimum absolute atomic E-state index is 0.0183. The molecule has 0 spiro atoms. The van der Waals surface area contributed by atoms with E-state index in [0.717, 1.165) is 43.0 Å². The minimum atomic E-state index is -0.0183. The van der Waals surface area contributed by atoms with Crippen LogP contribution >= 0.6 is 15.9 Å². The van der Waals surface area contributed by atoms with Crippen LogP contribution in [0.1, 0.15) is 44.6 Å². The van der Waals surface area contributed by atoms with Crippen LogP contribution in [0.5, 0.6) is 0 Å². The molecule has 2 aliphatic rings. The average Bonchev–Trinajstić information content (AvgIpc) is 3.08. The van der Waals surface area contributed by atoms with E-state index in [1.165, 1.54) is 24.8 Å². The lowest BCUT2D eigenvalue weighted by Gasteiger charge is -2.43. The van der Waals surface area contributed by atoms with E-state index >= 15 is 0 Å². The number of rotatable bonds is 8. The van der Waals surface area contributed by atoms with Crippen LogP contribution in [0.25, 0.3) is 0 Å². The lowest BCUT2D eigenvalue weighted by atomic mass is 9.64. The molecule has 1 aliphatic heterocycles. The predicted octanol–water partition coefficient (Wildman–Crippen LogP) is 3.22. The summed E-state index contributed by atoms with van der Waals surface area (Å²) in [6.07, 6.45) is 5.41. The number of aliphatic hydroxyl groups excluding tert-OH is 1. The Labute approximate surface area is 171 Å². The van der Waals surface area contributed by atoms with Gasteiger partial charge in [0.2, 0.25) is 0 Å². The van der Waals surface area contributed by atoms with Crippen molar-refractivity contribution in [2.45, 2.75) is 44.4 Å². The van der Waals surface area contributed by atoms with E-state index in [4.69, 9.17) is 9.73 Å². The van der Waals surface area contributed by atoms with Gasteiger partial charge in [0.05, 0.1) is 13.2 Å². The van der Waals surface area contributed by atoms with E-state index in [0.29, 0.717) is 13.2 Å². The summed E-state index contributed by atoms with van der Waals surface area (Å²) in [6, 6.07) is 8.69. The van der Waals surface area contributed by atoms with E-state index in [9.17, 15) is 5.11 Å². The molecule has 3 rings (SSSR count). The second-order valence-electron chi connectivity index (χ2n) is 7.97. The Morgan fingerprint density at radius 3 is 2.74 bits per heavy atom. The second-order valence-corrected chi connectivity index (χ2v) is 8.88. The number of aliphatic imine (C=N–C) groups is 1. The molecule has 1 aromatic rings. The topological polar surface area (TPSA) is 65.9 Å². The molecule has 6 heteroatoms. The van der Waals surface area contributed by atoms with Gasteiger partial charge in [-0.1, -0.05) is 34.5 Å². The highest BCUT2D eigenvalue weighted by atomic mass is 79.9. The molecular formula is C21H32BrN3O2. The van der Waals surface area contributed by atoms with Gasteiger partial charge in [0.15, 0.2) is 5.96 Å². The van der Waals surface area contributed by atoms with E-state index in [1.54, 1.807) is 0 Å². The largest absolute Gasteiger partial charge is 0.396 e. The van der Waals surface area contributed by atoms with Gasteiger partial charge in [0.1, 0.15) is 0 Å². The fourth-order valence-corrected chi connectivity index (χ4v) is 4.52. The Hall–Kier alpha value is -1.11. The number of nitrogens with one attached hydrogen (secondary N) is 2. The number of guanidine groups is 1. The summed E-state index contributed by atoms with van der Waals surface area (Å²) in [5.74, 6) is 0.864. The van der Waals surface area contributed by atoms with Crippen LogP contribution in [0.2, 0.25) is 0 Å². The number of halogens is 1. The molecule has 1 unspecified atom stereocenters. The van der Waals surface area contributed by atoms with E-state index < -0.39 is 0 Å². The molecule has 3 N–H and O–H groups in total. The van der Waals surface area contributed by atoms with Crippen LogP contribution in [0.15, 0.2) is 33.7 Å². The maximum atomic E-state index is 9.42. The highest BCUT2D eigenvalue weighted by Gasteiger charge is 2.39. The molecule has 1 saturated heterocycles. The van der Waals surface area contributed by atoms with Crippen molar-refractivity contribution in [3.63, 3.8) is 0 Å². The van der Waals surface area contributed by atoms with Gasteiger partial charge in [-0.25, -0.2) is 0 Å². The normalized spacial score (nSPS) is 24.5. The fourth-order valence-electron chi connectivity index (χ4n) is 4.12. The maximum Gasteiger partial charge on any atom is 0.191 e. The molecule has 0 radical (unpaired) electrons. The first-order valence-corrected chi connectivity index (χ1v) is 10.9. The average molecular weight is 438 g/mol. The summed E-state index contributed by atoms with van der Waals surface area (Å²) in [5.41, 5.74) is 1.57. The smallest absolute Gasteiger partial charge is 0.191 e. The first-order valence-electron chi connectivity index (χ1n) is 10.1. The molecule has 1 heterocycles. The summed E-state index contributed by atoms with van der Waals surface area (Å²) in [6.45, 7) is 6.15. The number of nitrogens with zero attached hydrogens (tertiary/aromatic N) is 1. The van der Waals surface area contributed by atoms with Gasteiger partial charge in [-0.2, -0.15) is 0 Å².